The maximum Gasteiger partial charge on any atom is 0.145 e. The van der Waals surface area contributed by atoms with Gasteiger partial charge in [-0.25, -0.2) is 4.98 Å². The second-order valence-corrected chi connectivity index (χ2v) is 5.14. The molecule has 0 spiro atoms. The lowest BCUT2D eigenvalue weighted by Gasteiger charge is -2.21. The van der Waals surface area contributed by atoms with E-state index in [9.17, 15) is 0 Å². The molecule has 0 saturated heterocycles. The van der Waals surface area contributed by atoms with Crippen LogP contribution in [0.1, 0.15) is 17.2 Å². The molecule has 0 aliphatic heterocycles. The van der Waals surface area contributed by atoms with E-state index >= 15 is 0 Å². The Hall–Kier alpha value is -2.32. The van der Waals surface area contributed by atoms with Crippen molar-refractivity contribution in [2.75, 3.05) is 5.32 Å². The van der Waals surface area contributed by atoms with Crippen molar-refractivity contribution in [1.29, 1.82) is 0 Å². The van der Waals surface area contributed by atoms with E-state index in [1.165, 1.54) is 11.1 Å². The van der Waals surface area contributed by atoms with Crippen molar-refractivity contribution in [2.45, 2.75) is 6.04 Å². The standard InChI is InChI=1S/C18H15ClN2/c19-16-12-7-13-20-18(16)21-17(14-8-3-1-4-9-14)15-10-5-2-6-11-15/h1-13,17H,(H,20,21). The van der Waals surface area contributed by atoms with Gasteiger partial charge in [-0.3, -0.25) is 0 Å². The zero-order valence-electron chi connectivity index (χ0n) is 11.4. The van der Waals surface area contributed by atoms with Crippen LogP contribution < -0.4 is 5.32 Å². The molecular weight excluding hydrogens is 280 g/mol. The number of hydrogen-bond donors (Lipinski definition) is 1. The summed E-state index contributed by atoms with van der Waals surface area (Å²) in [6.45, 7) is 0. The van der Waals surface area contributed by atoms with Crippen LogP contribution in [0.2, 0.25) is 5.02 Å². The monoisotopic (exact) mass is 294 g/mol. The third-order valence-corrected chi connectivity index (χ3v) is 3.61. The van der Waals surface area contributed by atoms with Crippen molar-refractivity contribution in [3.63, 3.8) is 0 Å². The van der Waals surface area contributed by atoms with Crippen LogP contribution in [0.15, 0.2) is 79.0 Å². The van der Waals surface area contributed by atoms with E-state index in [4.69, 9.17) is 11.6 Å². The smallest absolute Gasteiger partial charge is 0.145 e. The summed E-state index contributed by atoms with van der Waals surface area (Å²) in [5.74, 6) is 0.692. The van der Waals surface area contributed by atoms with Crippen LogP contribution in [-0.2, 0) is 0 Å². The Kier molecular flexibility index (Phi) is 4.17. The van der Waals surface area contributed by atoms with Crippen molar-refractivity contribution in [3.8, 4) is 0 Å². The van der Waals surface area contributed by atoms with Crippen LogP contribution in [0, 0.1) is 0 Å². The zero-order chi connectivity index (χ0) is 14.5. The van der Waals surface area contributed by atoms with Crippen LogP contribution in [0.3, 0.4) is 0 Å². The average molecular weight is 295 g/mol. The fourth-order valence-electron chi connectivity index (χ4n) is 2.28. The topological polar surface area (TPSA) is 24.9 Å². The summed E-state index contributed by atoms with van der Waals surface area (Å²) in [5, 5.41) is 4.06. The first kappa shape index (κ1) is 13.7. The predicted octanol–water partition coefficient (Wildman–Crippen LogP) is 4.94. The van der Waals surface area contributed by atoms with E-state index in [0.717, 1.165) is 0 Å². The molecule has 0 atom stereocenters. The SMILES string of the molecule is Clc1cccnc1NC(c1ccccc1)c1ccccc1. The van der Waals surface area contributed by atoms with Gasteiger partial charge in [0.25, 0.3) is 0 Å². The molecule has 0 bridgehead atoms. The Balaban J connectivity index is 1.99. The molecule has 0 aliphatic carbocycles. The fourth-order valence-corrected chi connectivity index (χ4v) is 2.45. The molecule has 0 amide bonds. The van der Waals surface area contributed by atoms with Crippen LogP contribution in [-0.4, -0.2) is 4.98 Å². The van der Waals surface area contributed by atoms with Gasteiger partial charge in [0.2, 0.25) is 0 Å². The first-order valence-electron chi connectivity index (χ1n) is 6.81. The highest BCUT2D eigenvalue weighted by Gasteiger charge is 2.15. The third-order valence-electron chi connectivity index (χ3n) is 3.31. The highest BCUT2D eigenvalue weighted by atomic mass is 35.5. The summed E-state index contributed by atoms with van der Waals surface area (Å²) in [7, 11) is 0. The number of benzene rings is 2. The maximum absolute atomic E-state index is 6.22. The van der Waals surface area contributed by atoms with Crippen LogP contribution in [0.4, 0.5) is 5.82 Å². The summed E-state index contributed by atoms with van der Waals surface area (Å²) < 4.78 is 0. The maximum atomic E-state index is 6.22. The lowest BCUT2D eigenvalue weighted by atomic mass is 9.99. The Bertz CT molecular complexity index is 659. The number of aromatic nitrogens is 1. The molecule has 0 saturated carbocycles. The van der Waals surface area contributed by atoms with E-state index in [1.54, 1.807) is 6.20 Å². The molecule has 0 unspecified atom stereocenters. The van der Waals surface area contributed by atoms with Gasteiger partial charge in [0.1, 0.15) is 5.82 Å². The van der Waals surface area contributed by atoms with E-state index in [1.807, 2.05) is 48.5 Å². The van der Waals surface area contributed by atoms with Gasteiger partial charge in [-0.15, -0.1) is 0 Å². The molecule has 1 heterocycles. The Morgan fingerprint density at radius 3 is 1.86 bits per heavy atom. The molecule has 3 heteroatoms. The summed E-state index contributed by atoms with van der Waals surface area (Å²) in [6.07, 6.45) is 1.74. The van der Waals surface area contributed by atoms with Crippen LogP contribution in [0.25, 0.3) is 0 Å². The molecule has 21 heavy (non-hydrogen) atoms. The number of nitrogens with one attached hydrogen (secondary N) is 1. The van der Waals surface area contributed by atoms with Gasteiger partial charge in [0.15, 0.2) is 0 Å². The van der Waals surface area contributed by atoms with Gasteiger partial charge >= 0.3 is 0 Å². The molecule has 0 aliphatic rings. The van der Waals surface area contributed by atoms with Gasteiger partial charge in [0.05, 0.1) is 11.1 Å². The summed E-state index contributed by atoms with van der Waals surface area (Å²) in [6, 6.07) is 24.2. The van der Waals surface area contributed by atoms with Crippen molar-refractivity contribution in [1.82, 2.24) is 4.98 Å². The Morgan fingerprint density at radius 1 is 0.762 bits per heavy atom. The Morgan fingerprint density at radius 2 is 1.33 bits per heavy atom. The number of nitrogens with zero attached hydrogens (tertiary/aromatic N) is 1. The van der Waals surface area contributed by atoms with Gasteiger partial charge in [-0.1, -0.05) is 72.3 Å². The van der Waals surface area contributed by atoms with Gasteiger partial charge < -0.3 is 5.32 Å². The second kappa shape index (κ2) is 6.42. The highest BCUT2D eigenvalue weighted by Crippen LogP contribution is 2.28. The largest absolute Gasteiger partial charge is 0.358 e. The first-order valence-corrected chi connectivity index (χ1v) is 7.19. The number of halogens is 1. The molecule has 1 aromatic heterocycles. The molecule has 1 N–H and O–H groups in total. The lowest BCUT2D eigenvalue weighted by Crippen LogP contribution is -2.13. The number of rotatable bonds is 4. The molecule has 0 radical (unpaired) electrons. The number of anilines is 1. The van der Waals surface area contributed by atoms with Crippen molar-refractivity contribution < 1.29 is 0 Å². The molecule has 2 nitrogen and oxygen atoms in total. The minimum Gasteiger partial charge on any atom is -0.358 e. The Labute approximate surface area is 129 Å². The molecular formula is C18H15ClN2. The van der Waals surface area contributed by atoms with Crippen LogP contribution in [0.5, 0.6) is 0 Å². The molecule has 3 aromatic rings. The first-order chi connectivity index (χ1) is 10.3. The van der Waals surface area contributed by atoms with Crippen molar-refractivity contribution in [3.05, 3.63) is 95.1 Å². The zero-order valence-corrected chi connectivity index (χ0v) is 12.2. The van der Waals surface area contributed by atoms with E-state index in [-0.39, 0.29) is 6.04 Å². The number of hydrogen-bond acceptors (Lipinski definition) is 2. The van der Waals surface area contributed by atoms with Crippen molar-refractivity contribution >= 4 is 17.4 Å². The molecule has 2 aromatic carbocycles. The minimum absolute atomic E-state index is 0.0137. The van der Waals surface area contributed by atoms with Crippen LogP contribution >= 0.6 is 11.6 Å². The average Bonchev–Trinajstić information content (AvgIpc) is 2.56. The van der Waals surface area contributed by atoms with E-state index < -0.39 is 0 Å². The molecule has 3 rings (SSSR count). The van der Waals surface area contributed by atoms with E-state index in [2.05, 4.69) is 34.6 Å². The summed E-state index contributed by atoms with van der Waals surface area (Å²) >= 11 is 6.22. The van der Waals surface area contributed by atoms with Gasteiger partial charge in [-0.05, 0) is 23.3 Å². The summed E-state index contributed by atoms with van der Waals surface area (Å²) in [5.41, 5.74) is 2.34. The van der Waals surface area contributed by atoms with Crippen molar-refractivity contribution in [2.24, 2.45) is 0 Å². The highest BCUT2D eigenvalue weighted by molar-refractivity contribution is 6.32. The van der Waals surface area contributed by atoms with E-state index in [0.29, 0.717) is 10.8 Å². The normalized spacial score (nSPS) is 10.6. The number of pyridine rings is 1. The molecule has 104 valence electrons. The minimum atomic E-state index is 0.0137. The third kappa shape index (κ3) is 3.23. The predicted molar refractivity (Wildman–Crippen MR) is 87.6 cm³/mol. The lowest BCUT2D eigenvalue weighted by molar-refractivity contribution is 0.927. The molecule has 0 fully saturated rings. The fraction of sp³-hybridized carbons (Fsp3) is 0.0556. The van der Waals surface area contributed by atoms with Gasteiger partial charge in [0, 0.05) is 6.20 Å². The second-order valence-electron chi connectivity index (χ2n) is 4.73. The van der Waals surface area contributed by atoms with Gasteiger partial charge in [-0.2, -0.15) is 0 Å². The quantitative estimate of drug-likeness (QED) is 0.737. The summed E-state index contributed by atoms with van der Waals surface area (Å²) in [4.78, 5) is 4.33.